The molecule has 8 heteroatoms. The summed E-state index contributed by atoms with van der Waals surface area (Å²) < 4.78 is 29.2. The summed E-state index contributed by atoms with van der Waals surface area (Å²) in [4.78, 5) is 0. The third-order valence-electron chi connectivity index (χ3n) is 3.57. The van der Waals surface area contributed by atoms with Crippen molar-refractivity contribution >= 4 is 43.9 Å². The molecule has 0 aliphatic carbocycles. The zero-order valence-electron chi connectivity index (χ0n) is 12.2. The molecule has 1 aromatic carbocycles. The zero-order valence-corrected chi connectivity index (χ0v) is 14.6. The van der Waals surface area contributed by atoms with Gasteiger partial charge in [0.2, 0.25) is 10.0 Å². The predicted octanol–water partition coefficient (Wildman–Crippen LogP) is 2.91. The molecule has 5 nitrogen and oxygen atoms in total. The second-order valence-electron chi connectivity index (χ2n) is 5.17. The number of hydrogen-bond donors (Lipinski definition) is 2. The van der Waals surface area contributed by atoms with Gasteiger partial charge in [-0.15, -0.1) is 11.3 Å². The van der Waals surface area contributed by atoms with Gasteiger partial charge in [-0.3, -0.25) is 0 Å². The summed E-state index contributed by atoms with van der Waals surface area (Å²) >= 11 is 6.73. The predicted molar refractivity (Wildman–Crippen MR) is 92.4 cm³/mol. The maximum atomic E-state index is 12.1. The van der Waals surface area contributed by atoms with Crippen molar-refractivity contribution in [3.05, 3.63) is 52.5 Å². The maximum absolute atomic E-state index is 12.1. The van der Waals surface area contributed by atoms with Crippen LogP contribution in [0, 0.1) is 0 Å². The molecule has 23 heavy (non-hydrogen) atoms. The van der Waals surface area contributed by atoms with Gasteiger partial charge in [-0.1, -0.05) is 17.7 Å². The van der Waals surface area contributed by atoms with E-state index in [4.69, 9.17) is 11.6 Å². The fourth-order valence-electron chi connectivity index (χ4n) is 2.33. The Labute approximate surface area is 143 Å². The lowest BCUT2D eigenvalue weighted by molar-refractivity contribution is 0.182. The normalized spacial score (nSPS) is 13.5. The molecule has 0 amide bonds. The molecule has 3 aromatic rings. The lowest BCUT2D eigenvalue weighted by Crippen LogP contribution is -2.28. The third-order valence-corrected chi connectivity index (χ3v) is 6.72. The van der Waals surface area contributed by atoms with Gasteiger partial charge in [0.25, 0.3) is 0 Å². The molecule has 0 radical (unpaired) electrons. The van der Waals surface area contributed by atoms with Crippen molar-refractivity contribution in [1.82, 2.24) is 9.29 Å². The Balaban J connectivity index is 1.74. The van der Waals surface area contributed by atoms with Crippen LogP contribution in [0.25, 0.3) is 10.9 Å². The summed E-state index contributed by atoms with van der Waals surface area (Å²) in [5.41, 5.74) is 1.71. The molecule has 0 saturated heterocycles. The van der Waals surface area contributed by atoms with Crippen LogP contribution in [0.15, 0.2) is 46.8 Å². The summed E-state index contributed by atoms with van der Waals surface area (Å²) in [7, 11) is -1.72. The van der Waals surface area contributed by atoms with Gasteiger partial charge in [0.05, 0.1) is 10.4 Å². The van der Waals surface area contributed by atoms with Crippen LogP contribution < -0.4 is 4.72 Å². The highest BCUT2D eigenvalue weighted by Crippen LogP contribution is 2.26. The number of aromatic nitrogens is 1. The lowest BCUT2D eigenvalue weighted by atomic mass is 10.1. The molecule has 0 unspecified atom stereocenters. The molecule has 2 aromatic heterocycles. The Morgan fingerprint density at radius 2 is 2.09 bits per heavy atom. The van der Waals surface area contributed by atoms with E-state index in [1.165, 1.54) is 12.1 Å². The van der Waals surface area contributed by atoms with Crippen LogP contribution in [0.5, 0.6) is 0 Å². The van der Waals surface area contributed by atoms with Crippen LogP contribution in [0.1, 0.15) is 11.7 Å². The Hall–Kier alpha value is -1.38. The van der Waals surface area contributed by atoms with Gasteiger partial charge in [-0.05, 0) is 41.3 Å². The summed E-state index contributed by atoms with van der Waals surface area (Å²) in [6.07, 6.45) is 1.01. The first kappa shape index (κ1) is 16.5. The van der Waals surface area contributed by atoms with E-state index in [0.717, 1.165) is 22.2 Å². The summed E-state index contributed by atoms with van der Waals surface area (Å²) in [6.45, 7) is -0.101. The van der Waals surface area contributed by atoms with E-state index in [0.29, 0.717) is 9.90 Å². The minimum atomic E-state index is -3.66. The second kappa shape index (κ2) is 6.26. The van der Waals surface area contributed by atoms with Crippen molar-refractivity contribution in [2.24, 2.45) is 7.05 Å². The highest BCUT2D eigenvalue weighted by molar-refractivity contribution is 7.91. The van der Waals surface area contributed by atoms with Gasteiger partial charge in [0, 0.05) is 25.3 Å². The third kappa shape index (κ3) is 3.44. The number of sulfonamides is 1. The topological polar surface area (TPSA) is 71.3 Å². The number of thiophene rings is 1. The smallest absolute Gasteiger partial charge is 0.250 e. The SMILES string of the molecule is Cn1ccc2cc([C@H](O)CNS(=O)(=O)c3ccc(Cl)s3)ccc21. The minimum absolute atomic E-state index is 0.101. The number of rotatable bonds is 5. The van der Waals surface area contributed by atoms with Crippen molar-refractivity contribution in [3.63, 3.8) is 0 Å². The fraction of sp³-hybridized carbons (Fsp3) is 0.200. The maximum Gasteiger partial charge on any atom is 0.250 e. The number of aliphatic hydroxyl groups excluding tert-OH is 1. The quantitative estimate of drug-likeness (QED) is 0.725. The largest absolute Gasteiger partial charge is 0.387 e. The van der Waals surface area contributed by atoms with E-state index >= 15 is 0 Å². The van der Waals surface area contributed by atoms with Crippen molar-refractivity contribution < 1.29 is 13.5 Å². The van der Waals surface area contributed by atoms with Gasteiger partial charge in [-0.25, -0.2) is 13.1 Å². The minimum Gasteiger partial charge on any atom is -0.387 e. The van der Waals surface area contributed by atoms with Crippen LogP contribution in [0.4, 0.5) is 0 Å². The van der Waals surface area contributed by atoms with Crippen LogP contribution in [-0.2, 0) is 17.1 Å². The first-order chi connectivity index (χ1) is 10.9. The highest BCUT2D eigenvalue weighted by atomic mass is 35.5. The van der Waals surface area contributed by atoms with Crippen LogP contribution in [-0.4, -0.2) is 24.6 Å². The average molecular weight is 371 g/mol. The fourth-order valence-corrected chi connectivity index (χ4v) is 4.89. The molecule has 2 heterocycles. The average Bonchev–Trinajstić information content (AvgIpc) is 3.12. The Kier molecular flexibility index (Phi) is 4.48. The molecule has 0 bridgehead atoms. The first-order valence-corrected chi connectivity index (χ1v) is 9.52. The van der Waals surface area contributed by atoms with Crippen LogP contribution >= 0.6 is 22.9 Å². The van der Waals surface area contributed by atoms with Crippen molar-refractivity contribution in [2.45, 2.75) is 10.3 Å². The molecular formula is C15H15ClN2O3S2. The van der Waals surface area contributed by atoms with E-state index in [1.807, 2.05) is 36.0 Å². The molecule has 0 saturated carbocycles. The number of halogens is 1. The number of nitrogens with zero attached hydrogens (tertiary/aromatic N) is 1. The molecule has 0 aliphatic heterocycles. The molecule has 2 N–H and O–H groups in total. The molecule has 0 aliphatic rings. The summed E-state index contributed by atoms with van der Waals surface area (Å²) in [5, 5.41) is 11.2. The van der Waals surface area contributed by atoms with E-state index in [-0.39, 0.29) is 10.8 Å². The van der Waals surface area contributed by atoms with Gasteiger partial charge in [0.1, 0.15) is 4.21 Å². The van der Waals surface area contributed by atoms with Gasteiger partial charge in [-0.2, -0.15) is 0 Å². The Morgan fingerprint density at radius 1 is 1.30 bits per heavy atom. The molecular weight excluding hydrogens is 356 g/mol. The number of aryl methyl sites for hydroxylation is 1. The van der Waals surface area contributed by atoms with Crippen molar-refractivity contribution in [3.8, 4) is 0 Å². The van der Waals surface area contributed by atoms with E-state index in [9.17, 15) is 13.5 Å². The van der Waals surface area contributed by atoms with E-state index in [1.54, 1.807) is 6.07 Å². The lowest BCUT2D eigenvalue weighted by Gasteiger charge is -2.12. The van der Waals surface area contributed by atoms with E-state index < -0.39 is 16.1 Å². The van der Waals surface area contributed by atoms with Crippen LogP contribution in [0.2, 0.25) is 4.34 Å². The molecule has 1 atom stereocenters. The number of nitrogens with one attached hydrogen (secondary N) is 1. The van der Waals surface area contributed by atoms with Gasteiger partial charge >= 0.3 is 0 Å². The molecule has 3 rings (SSSR count). The summed E-state index contributed by atoms with van der Waals surface area (Å²) in [6, 6.07) is 10.5. The van der Waals surface area contributed by atoms with E-state index in [2.05, 4.69) is 4.72 Å². The van der Waals surface area contributed by atoms with Crippen molar-refractivity contribution in [1.29, 1.82) is 0 Å². The Morgan fingerprint density at radius 3 is 2.78 bits per heavy atom. The monoisotopic (exact) mass is 370 g/mol. The van der Waals surface area contributed by atoms with Crippen molar-refractivity contribution in [2.75, 3.05) is 6.54 Å². The summed E-state index contributed by atoms with van der Waals surface area (Å²) in [5.74, 6) is 0. The number of fused-ring (bicyclic) bond motifs is 1. The van der Waals surface area contributed by atoms with Gasteiger partial charge < -0.3 is 9.67 Å². The number of benzene rings is 1. The Bertz CT molecular complexity index is 947. The molecule has 122 valence electrons. The standard InChI is InChI=1S/C15H15ClN2O3S2/c1-18-7-6-10-8-11(2-3-12(10)18)13(19)9-17-23(20,21)15-5-4-14(16)22-15/h2-8,13,17,19H,9H2,1H3/t13-/m1/s1. The molecule has 0 spiro atoms. The second-order valence-corrected chi connectivity index (χ2v) is 8.88. The zero-order chi connectivity index (χ0) is 16.6. The number of hydrogen-bond acceptors (Lipinski definition) is 4. The highest BCUT2D eigenvalue weighted by Gasteiger charge is 2.19. The van der Waals surface area contributed by atoms with Gasteiger partial charge in [0.15, 0.2) is 0 Å². The first-order valence-electron chi connectivity index (χ1n) is 6.85. The number of aliphatic hydroxyl groups is 1. The molecule has 0 fully saturated rings. The van der Waals surface area contributed by atoms with Crippen LogP contribution in [0.3, 0.4) is 0 Å².